The molecular formula is C27H29N3O2S2. The van der Waals surface area contributed by atoms with E-state index in [4.69, 9.17) is 9.72 Å². The lowest BCUT2D eigenvalue weighted by atomic mass is 10.2. The molecular weight excluding hydrogens is 462 g/mol. The molecule has 5 nitrogen and oxygen atoms in total. The second-order valence-electron chi connectivity index (χ2n) is 7.75. The first-order valence-electron chi connectivity index (χ1n) is 11.4. The molecule has 4 aromatic rings. The standard InChI is InChI=1S/C27H29N3O2S2/c1-4-29(5-2)17-18-30(27-28-24-16-15-23(33-3)19-25(24)34-27)26(31)20-11-13-22(14-12-20)32-21-9-7-6-8-10-21/h6-16,19H,4-5,17-18H2,1-3H3. The summed E-state index contributed by atoms with van der Waals surface area (Å²) in [5.74, 6) is 1.41. The molecule has 0 saturated carbocycles. The summed E-state index contributed by atoms with van der Waals surface area (Å²) in [6.45, 7) is 7.55. The van der Waals surface area contributed by atoms with Gasteiger partial charge in [-0.1, -0.05) is 43.4 Å². The number of nitrogens with zero attached hydrogens (tertiary/aromatic N) is 3. The molecule has 1 heterocycles. The highest BCUT2D eigenvalue weighted by Gasteiger charge is 2.22. The summed E-state index contributed by atoms with van der Waals surface area (Å²) in [7, 11) is 0. The smallest absolute Gasteiger partial charge is 0.260 e. The summed E-state index contributed by atoms with van der Waals surface area (Å²) in [5, 5.41) is 0.732. The maximum absolute atomic E-state index is 13.6. The highest BCUT2D eigenvalue weighted by atomic mass is 32.2. The zero-order valence-corrected chi connectivity index (χ0v) is 21.4. The molecule has 0 spiro atoms. The number of rotatable bonds is 10. The molecule has 4 rings (SSSR count). The summed E-state index contributed by atoms with van der Waals surface area (Å²) in [6, 6.07) is 23.2. The van der Waals surface area contributed by atoms with Gasteiger partial charge in [-0.25, -0.2) is 4.98 Å². The first kappa shape index (κ1) is 24.3. The summed E-state index contributed by atoms with van der Waals surface area (Å²) >= 11 is 3.27. The fourth-order valence-electron chi connectivity index (χ4n) is 3.65. The number of amides is 1. The molecule has 0 saturated heterocycles. The number of likely N-dealkylation sites (N-methyl/N-ethyl adjacent to an activating group) is 1. The molecule has 0 unspecified atom stereocenters. The van der Waals surface area contributed by atoms with E-state index in [1.807, 2.05) is 65.6 Å². The van der Waals surface area contributed by atoms with Crippen molar-refractivity contribution < 1.29 is 9.53 Å². The van der Waals surface area contributed by atoms with Gasteiger partial charge < -0.3 is 9.64 Å². The number of ether oxygens (including phenoxy) is 1. The predicted molar refractivity (Wildman–Crippen MR) is 144 cm³/mol. The normalized spacial score (nSPS) is 11.2. The lowest BCUT2D eigenvalue weighted by Gasteiger charge is -2.24. The summed E-state index contributed by atoms with van der Waals surface area (Å²) in [4.78, 5) is 23.8. The molecule has 3 aromatic carbocycles. The van der Waals surface area contributed by atoms with E-state index in [-0.39, 0.29) is 5.91 Å². The average Bonchev–Trinajstić information content (AvgIpc) is 3.30. The van der Waals surface area contributed by atoms with Crippen LogP contribution in [0.2, 0.25) is 0 Å². The monoisotopic (exact) mass is 491 g/mol. The molecule has 0 N–H and O–H groups in total. The number of benzene rings is 3. The minimum absolute atomic E-state index is 0.0532. The third kappa shape index (κ3) is 5.78. The zero-order valence-electron chi connectivity index (χ0n) is 19.7. The van der Waals surface area contributed by atoms with E-state index >= 15 is 0 Å². The number of carbonyl (C=O) groups excluding carboxylic acids is 1. The molecule has 0 aliphatic heterocycles. The van der Waals surface area contributed by atoms with Gasteiger partial charge in [0.05, 0.1) is 10.2 Å². The second-order valence-corrected chi connectivity index (χ2v) is 9.64. The van der Waals surface area contributed by atoms with Gasteiger partial charge in [-0.3, -0.25) is 9.69 Å². The van der Waals surface area contributed by atoms with Gasteiger partial charge in [0.1, 0.15) is 11.5 Å². The summed E-state index contributed by atoms with van der Waals surface area (Å²) < 4.78 is 6.98. The minimum atomic E-state index is -0.0532. The van der Waals surface area contributed by atoms with Crippen LogP contribution in [-0.2, 0) is 0 Å². The number of fused-ring (bicyclic) bond motifs is 1. The average molecular weight is 492 g/mol. The van der Waals surface area contributed by atoms with Gasteiger partial charge in [0, 0.05) is 23.5 Å². The highest BCUT2D eigenvalue weighted by molar-refractivity contribution is 7.98. The molecule has 0 radical (unpaired) electrons. The fraction of sp³-hybridized carbons (Fsp3) is 0.259. The van der Waals surface area contributed by atoms with Crippen LogP contribution in [0.15, 0.2) is 77.7 Å². The molecule has 0 atom stereocenters. The van der Waals surface area contributed by atoms with E-state index < -0.39 is 0 Å². The van der Waals surface area contributed by atoms with Crippen LogP contribution in [-0.4, -0.2) is 48.2 Å². The lowest BCUT2D eigenvalue weighted by Crippen LogP contribution is -2.38. The number of carbonyl (C=O) groups is 1. The number of anilines is 1. The van der Waals surface area contributed by atoms with Crippen LogP contribution in [0.25, 0.3) is 10.2 Å². The Morgan fingerprint density at radius 3 is 2.32 bits per heavy atom. The van der Waals surface area contributed by atoms with Crippen LogP contribution >= 0.6 is 23.1 Å². The van der Waals surface area contributed by atoms with Crippen molar-refractivity contribution in [1.29, 1.82) is 0 Å². The van der Waals surface area contributed by atoms with Crippen LogP contribution in [0.3, 0.4) is 0 Å². The van der Waals surface area contributed by atoms with Crippen molar-refractivity contribution >= 4 is 44.4 Å². The third-order valence-electron chi connectivity index (χ3n) is 5.67. The molecule has 0 aliphatic carbocycles. The van der Waals surface area contributed by atoms with Crippen molar-refractivity contribution in [2.75, 3.05) is 37.3 Å². The van der Waals surface area contributed by atoms with Gasteiger partial charge in [0.15, 0.2) is 5.13 Å². The number of hydrogen-bond acceptors (Lipinski definition) is 6. The topological polar surface area (TPSA) is 45.7 Å². The number of thiazole rings is 1. The number of thioether (sulfide) groups is 1. The Labute approximate surface area is 209 Å². The number of aromatic nitrogens is 1. The molecule has 0 aliphatic rings. The van der Waals surface area contributed by atoms with Crippen LogP contribution in [0, 0.1) is 0 Å². The first-order valence-corrected chi connectivity index (χ1v) is 13.5. The Hall–Kier alpha value is -2.87. The third-order valence-corrected chi connectivity index (χ3v) is 7.44. The molecule has 1 amide bonds. The molecule has 0 bridgehead atoms. The van der Waals surface area contributed by atoms with E-state index in [1.54, 1.807) is 23.1 Å². The van der Waals surface area contributed by atoms with Gasteiger partial charge in [-0.05, 0) is 73.9 Å². The largest absolute Gasteiger partial charge is 0.457 e. The Balaban J connectivity index is 1.59. The van der Waals surface area contributed by atoms with Gasteiger partial charge in [-0.2, -0.15) is 0 Å². The highest BCUT2D eigenvalue weighted by Crippen LogP contribution is 2.32. The maximum atomic E-state index is 13.6. The van der Waals surface area contributed by atoms with Crippen molar-refractivity contribution in [2.45, 2.75) is 18.7 Å². The van der Waals surface area contributed by atoms with E-state index in [2.05, 4.69) is 37.1 Å². The van der Waals surface area contributed by atoms with Gasteiger partial charge in [0.2, 0.25) is 0 Å². The maximum Gasteiger partial charge on any atom is 0.260 e. The lowest BCUT2D eigenvalue weighted by molar-refractivity contribution is 0.0984. The Morgan fingerprint density at radius 2 is 1.65 bits per heavy atom. The molecule has 7 heteroatoms. The van der Waals surface area contributed by atoms with Crippen molar-refractivity contribution in [3.05, 3.63) is 78.4 Å². The Bertz CT molecular complexity index is 1220. The van der Waals surface area contributed by atoms with Gasteiger partial charge in [0.25, 0.3) is 5.91 Å². The molecule has 0 fully saturated rings. The molecule has 34 heavy (non-hydrogen) atoms. The summed E-state index contributed by atoms with van der Waals surface area (Å²) in [6.07, 6.45) is 2.06. The van der Waals surface area contributed by atoms with Crippen molar-refractivity contribution in [3.8, 4) is 11.5 Å². The van der Waals surface area contributed by atoms with Crippen molar-refractivity contribution in [1.82, 2.24) is 9.88 Å². The molecule has 1 aromatic heterocycles. The van der Waals surface area contributed by atoms with Gasteiger partial charge >= 0.3 is 0 Å². The second kappa shape index (κ2) is 11.5. The van der Waals surface area contributed by atoms with Gasteiger partial charge in [-0.15, -0.1) is 11.8 Å². The SMILES string of the molecule is CCN(CC)CCN(C(=O)c1ccc(Oc2ccccc2)cc1)c1nc2ccc(SC)cc2s1. The van der Waals surface area contributed by atoms with Crippen LogP contribution in [0.5, 0.6) is 11.5 Å². The summed E-state index contributed by atoms with van der Waals surface area (Å²) in [5.41, 5.74) is 1.54. The van der Waals surface area contributed by atoms with Crippen LogP contribution < -0.4 is 9.64 Å². The minimum Gasteiger partial charge on any atom is -0.457 e. The van der Waals surface area contributed by atoms with E-state index in [0.717, 1.165) is 40.7 Å². The number of hydrogen-bond donors (Lipinski definition) is 0. The predicted octanol–water partition coefficient (Wildman–Crippen LogP) is 6.80. The zero-order chi connectivity index (χ0) is 23.9. The molecule has 176 valence electrons. The van der Waals surface area contributed by atoms with Crippen molar-refractivity contribution in [2.24, 2.45) is 0 Å². The Kier molecular flexibility index (Phi) is 8.21. The number of para-hydroxylation sites is 1. The van der Waals surface area contributed by atoms with E-state index in [1.165, 1.54) is 4.90 Å². The first-order chi connectivity index (χ1) is 16.6. The fourth-order valence-corrected chi connectivity index (χ4v) is 5.19. The van der Waals surface area contributed by atoms with Crippen LogP contribution in [0.1, 0.15) is 24.2 Å². The Morgan fingerprint density at radius 1 is 0.941 bits per heavy atom. The van der Waals surface area contributed by atoms with E-state index in [0.29, 0.717) is 17.9 Å². The van der Waals surface area contributed by atoms with Crippen molar-refractivity contribution in [3.63, 3.8) is 0 Å². The van der Waals surface area contributed by atoms with E-state index in [9.17, 15) is 4.79 Å². The van der Waals surface area contributed by atoms with Crippen LogP contribution in [0.4, 0.5) is 5.13 Å². The quantitative estimate of drug-likeness (QED) is 0.228.